The number of amides is 1. The maximum absolute atomic E-state index is 12.4. The van der Waals surface area contributed by atoms with Gasteiger partial charge in [-0.05, 0) is 36.7 Å². The Labute approximate surface area is 137 Å². The topological polar surface area (TPSA) is 90.1 Å². The van der Waals surface area contributed by atoms with Crippen molar-refractivity contribution < 1.29 is 9.53 Å². The molecule has 1 amide bonds. The largest absolute Gasteiger partial charge is 0.492 e. The average molecular weight is 328 g/mol. The Balaban J connectivity index is 1.78. The summed E-state index contributed by atoms with van der Waals surface area (Å²) in [6.45, 7) is 2.78. The minimum Gasteiger partial charge on any atom is -0.492 e. The van der Waals surface area contributed by atoms with Crippen LogP contribution in [-0.2, 0) is 0 Å². The second kappa shape index (κ2) is 6.72. The van der Waals surface area contributed by atoms with Crippen LogP contribution in [0.15, 0.2) is 36.5 Å². The third-order valence-corrected chi connectivity index (χ3v) is 4.11. The van der Waals surface area contributed by atoms with E-state index in [1.165, 1.54) is 11.5 Å². The molecule has 1 aromatic carbocycles. The maximum Gasteiger partial charge on any atom is 0.257 e. The molecule has 0 radical (unpaired) electrons. The summed E-state index contributed by atoms with van der Waals surface area (Å²) in [6.07, 6.45) is 1.56. The number of pyridine rings is 1. The Kier molecular flexibility index (Phi) is 4.50. The lowest BCUT2D eigenvalue weighted by Crippen LogP contribution is -2.13. The fraction of sp³-hybridized carbons (Fsp3) is 0.188. The van der Waals surface area contributed by atoms with E-state index in [-0.39, 0.29) is 5.91 Å². The summed E-state index contributed by atoms with van der Waals surface area (Å²) in [5.74, 6) is 0.445. The van der Waals surface area contributed by atoms with Gasteiger partial charge in [0, 0.05) is 29.9 Å². The average Bonchev–Trinajstić information content (AvgIpc) is 2.94. The zero-order chi connectivity index (χ0) is 16.2. The monoisotopic (exact) mass is 328 g/mol. The van der Waals surface area contributed by atoms with E-state index in [0.717, 1.165) is 15.9 Å². The van der Waals surface area contributed by atoms with Crippen LogP contribution in [0.1, 0.15) is 16.1 Å². The molecule has 2 aromatic heterocycles. The van der Waals surface area contributed by atoms with E-state index in [1.807, 2.05) is 25.1 Å². The van der Waals surface area contributed by atoms with Crippen LogP contribution in [0.4, 0.5) is 5.69 Å². The summed E-state index contributed by atoms with van der Waals surface area (Å²) in [5.41, 5.74) is 7.44. The summed E-state index contributed by atoms with van der Waals surface area (Å²) >= 11 is 1.33. The van der Waals surface area contributed by atoms with Crippen LogP contribution in [0.5, 0.6) is 5.75 Å². The van der Waals surface area contributed by atoms with Crippen molar-refractivity contribution in [2.75, 3.05) is 18.5 Å². The van der Waals surface area contributed by atoms with Gasteiger partial charge >= 0.3 is 0 Å². The molecule has 2 heterocycles. The van der Waals surface area contributed by atoms with Gasteiger partial charge in [-0.3, -0.25) is 4.79 Å². The smallest absolute Gasteiger partial charge is 0.257 e. The Morgan fingerprint density at radius 2 is 2.26 bits per heavy atom. The molecule has 3 aromatic rings. The van der Waals surface area contributed by atoms with Crippen molar-refractivity contribution in [2.45, 2.75) is 6.92 Å². The highest BCUT2D eigenvalue weighted by Crippen LogP contribution is 2.22. The molecule has 7 heteroatoms. The number of aromatic nitrogens is 2. The lowest BCUT2D eigenvalue weighted by Gasteiger charge is -2.08. The fourth-order valence-corrected chi connectivity index (χ4v) is 2.84. The van der Waals surface area contributed by atoms with Gasteiger partial charge in [0.25, 0.3) is 5.91 Å². The first-order valence-corrected chi connectivity index (χ1v) is 7.91. The third kappa shape index (κ3) is 3.46. The number of nitrogens with one attached hydrogen (secondary N) is 1. The molecule has 0 spiro atoms. The van der Waals surface area contributed by atoms with Gasteiger partial charge < -0.3 is 15.8 Å². The highest BCUT2D eigenvalue weighted by Gasteiger charge is 2.11. The van der Waals surface area contributed by atoms with E-state index in [1.54, 1.807) is 18.3 Å². The van der Waals surface area contributed by atoms with Crippen LogP contribution in [0.25, 0.3) is 10.2 Å². The zero-order valence-corrected chi connectivity index (χ0v) is 13.4. The Bertz CT molecular complexity index is 847. The first-order chi connectivity index (χ1) is 11.2. The van der Waals surface area contributed by atoms with E-state index < -0.39 is 0 Å². The summed E-state index contributed by atoms with van der Waals surface area (Å²) < 4.78 is 9.69. The lowest BCUT2D eigenvalue weighted by atomic mass is 10.2. The summed E-state index contributed by atoms with van der Waals surface area (Å²) in [7, 11) is 0. The van der Waals surface area contributed by atoms with Crippen LogP contribution in [0, 0.1) is 6.92 Å². The third-order valence-electron chi connectivity index (χ3n) is 3.25. The van der Waals surface area contributed by atoms with Crippen molar-refractivity contribution in [1.29, 1.82) is 0 Å². The molecule has 118 valence electrons. The number of benzene rings is 1. The van der Waals surface area contributed by atoms with Gasteiger partial charge in [0.1, 0.15) is 17.2 Å². The van der Waals surface area contributed by atoms with Crippen LogP contribution < -0.4 is 15.8 Å². The molecule has 6 nitrogen and oxygen atoms in total. The van der Waals surface area contributed by atoms with Crippen molar-refractivity contribution in [3.05, 3.63) is 47.8 Å². The summed E-state index contributed by atoms with van der Waals surface area (Å²) in [5, 5.41) is 3.75. The molecule has 23 heavy (non-hydrogen) atoms. The molecule has 0 aliphatic carbocycles. The van der Waals surface area contributed by atoms with Gasteiger partial charge in [0.05, 0.1) is 11.3 Å². The van der Waals surface area contributed by atoms with Crippen LogP contribution in [0.2, 0.25) is 0 Å². The van der Waals surface area contributed by atoms with Gasteiger partial charge in [0.2, 0.25) is 0 Å². The van der Waals surface area contributed by atoms with Gasteiger partial charge in [-0.1, -0.05) is 6.07 Å². The van der Waals surface area contributed by atoms with Crippen LogP contribution in [-0.4, -0.2) is 28.4 Å². The van der Waals surface area contributed by atoms with E-state index in [2.05, 4.69) is 14.7 Å². The van der Waals surface area contributed by atoms with Crippen molar-refractivity contribution in [3.8, 4) is 5.75 Å². The number of nitrogens with two attached hydrogens (primary N) is 1. The molecule has 0 atom stereocenters. The molecule has 3 rings (SSSR count). The second-order valence-electron chi connectivity index (χ2n) is 4.96. The van der Waals surface area contributed by atoms with E-state index in [4.69, 9.17) is 10.5 Å². The number of hydrogen-bond acceptors (Lipinski definition) is 6. The Morgan fingerprint density at radius 1 is 1.39 bits per heavy atom. The molecular formula is C16H16N4O2S. The predicted octanol–water partition coefficient (Wildman–Crippen LogP) is 2.59. The first kappa shape index (κ1) is 15.4. The normalized spacial score (nSPS) is 10.7. The number of carbonyl (C=O) groups excluding carboxylic acids is 1. The standard InChI is InChI=1S/C16H16N4O2S/c1-10-14-7-11(9-18-16(14)23-20-10)15(21)19-12-3-2-4-13(8-12)22-6-5-17/h2-4,7-9H,5-6,17H2,1H3,(H,19,21). The van der Waals surface area contributed by atoms with E-state index in [9.17, 15) is 4.79 Å². The number of ether oxygens (including phenoxy) is 1. The van der Waals surface area contributed by atoms with Crippen molar-refractivity contribution in [3.63, 3.8) is 0 Å². The van der Waals surface area contributed by atoms with Crippen molar-refractivity contribution in [2.24, 2.45) is 5.73 Å². The molecule has 0 bridgehead atoms. The fourth-order valence-electron chi connectivity index (χ4n) is 2.11. The SMILES string of the molecule is Cc1nsc2ncc(C(=O)Nc3cccc(OCCN)c3)cc12. The second-order valence-corrected chi connectivity index (χ2v) is 5.72. The number of aryl methyl sites for hydroxylation is 1. The van der Waals surface area contributed by atoms with Gasteiger partial charge in [-0.25, -0.2) is 4.98 Å². The van der Waals surface area contributed by atoms with Gasteiger partial charge in [-0.2, -0.15) is 4.37 Å². The van der Waals surface area contributed by atoms with Crippen molar-refractivity contribution >= 4 is 33.3 Å². The predicted molar refractivity (Wildman–Crippen MR) is 91.1 cm³/mol. The number of carbonyl (C=O) groups is 1. The summed E-state index contributed by atoms with van der Waals surface area (Å²) in [4.78, 5) is 17.5. The van der Waals surface area contributed by atoms with E-state index >= 15 is 0 Å². The van der Waals surface area contributed by atoms with Gasteiger partial charge in [0.15, 0.2) is 0 Å². The molecule has 0 saturated heterocycles. The summed E-state index contributed by atoms with van der Waals surface area (Å²) in [6, 6.07) is 9.01. The maximum atomic E-state index is 12.4. The molecule has 0 unspecified atom stereocenters. The van der Waals surface area contributed by atoms with Crippen molar-refractivity contribution in [1.82, 2.24) is 9.36 Å². The number of rotatable bonds is 5. The number of anilines is 1. The minimum atomic E-state index is -0.221. The number of fused-ring (bicyclic) bond motifs is 1. The quantitative estimate of drug-likeness (QED) is 0.751. The van der Waals surface area contributed by atoms with Crippen LogP contribution in [0.3, 0.4) is 0 Å². The highest BCUT2D eigenvalue weighted by atomic mass is 32.1. The lowest BCUT2D eigenvalue weighted by molar-refractivity contribution is 0.102. The molecule has 0 aliphatic heterocycles. The number of nitrogens with zero attached hydrogens (tertiary/aromatic N) is 2. The molecular weight excluding hydrogens is 312 g/mol. The van der Waals surface area contributed by atoms with E-state index in [0.29, 0.717) is 30.2 Å². The first-order valence-electron chi connectivity index (χ1n) is 7.13. The number of hydrogen-bond donors (Lipinski definition) is 2. The Hall–Kier alpha value is -2.51. The van der Waals surface area contributed by atoms with Crippen LogP contribution >= 0.6 is 11.5 Å². The minimum absolute atomic E-state index is 0.221. The molecule has 3 N–H and O–H groups in total. The Morgan fingerprint density at radius 3 is 3.09 bits per heavy atom. The van der Waals surface area contributed by atoms with Gasteiger partial charge in [-0.15, -0.1) is 0 Å². The molecule has 0 fully saturated rings. The highest BCUT2D eigenvalue weighted by molar-refractivity contribution is 7.12. The molecule has 0 saturated carbocycles. The molecule has 0 aliphatic rings. The zero-order valence-electron chi connectivity index (χ0n) is 12.6.